The first-order valence-electron chi connectivity index (χ1n) is 6.68. The summed E-state index contributed by atoms with van der Waals surface area (Å²) in [5.74, 6) is 0.350. The van der Waals surface area contributed by atoms with Gasteiger partial charge >= 0.3 is 6.03 Å². The van der Waals surface area contributed by atoms with Crippen molar-refractivity contribution in [3.05, 3.63) is 16.1 Å². The lowest BCUT2D eigenvalue weighted by atomic mass is 9.98. The average molecular weight is 283 g/mol. The first kappa shape index (κ1) is 14.3. The van der Waals surface area contributed by atoms with Crippen molar-refractivity contribution < 1.29 is 9.90 Å². The van der Waals surface area contributed by atoms with E-state index in [1.54, 1.807) is 11.3 Å². The van der Waals surface area contributed by atoms with Gasteiger partial charge in [0.1, 0.15) is 0 Å². The second-order valence-electron chi connectivity index (χ2n) is 5.08. The molecule has 1 aliphatic heterocycles. The molecule has 1 aliphatic rings. The maximum atomic E-state index is 12.1. The Morgan fingerprint density at radius 2 is 2.32 bits per heavy atom. The van der Waals surface area contributed by atoms with E-state index in [-0.39, 0.29) is 18.7 Å². The number of likely N-dealkylation sites (tertiary alicyclic amines) is 1. The molecule has 0 bridgehead atoms. The first-order valence-corrected chi connectivity index (χ1v) is 7.56. The Bertz CT molecular complexity index is 427. The lowest BCUT2D eigenvalue weighted by molar-refractivity contribution is 0.136. The first-order chi connectivity index (χ1) is 9.10. The summed E-state index contributed by atoms with van der Waals surface area (Å²) in [5, 5.41) is 15.1. The van der Waals surface area contributed by atoms with Crippen LogP contribution in [0.3, 0.4) is 0 Å². The molecule has 1 atom stereocenters. The predicted octanol–water partition coefficient (Wildman–Crippen LogP) is 1.93. The highest BCUT2D eigenvalue weighted by Gasteiger charge is 2.23. The molecule has 0 spiro atoms. The molecule has 2 amide bonds. The summed E-state index contributed by atoms with van der Waals surface area (Å²) in [6.07, 6.45) is 1.77. The maximum absolute atomic E-state index is 12.1. The Balaban J connectivity index is 1.84. The van der Waals surface area contributed by atoms with Crippen molar-refractivity contribution in [3.63, 3.8) is 0 Å². The smallest absolute Gasteiger partial charge is 0.317 e. The minimum atomic E-state index is -0.0620. The van der Waals surface area contributed by atoms with Gasteiger partial charge in [0, 0.05) is 25.1 Å². The average Bonchev–Trinajstić information content (AvgIpc) is 2.85. The van der Waals surface area contributed by atoms with E-state index in [1.807, 2.05) is 24.1 Å². The number of carbonyl (C=O) groups excluding carboxylic acids is 1. The van der Waals surface area contributed by atoms with Gasteiger partial charge in [-0.15, -0.1) is 11.3 Å². The fraction of sp³-hybridized carbons (Fsp3) is 0.692. The van der Waals surface area contributed by atoms with Gasteiger partial charge in [-0.05, 0) is 32.6 Å². The summed E-state index contributed by atoms with van der Waals surface area (Å²) in [6.45, 7) is 5.58. The number of urea groups is 1. The molecule has 2 N–H and O–H groups in total. The van der Waals surface area contributed by atoms with E-state index in [1.165, 1.54) is 0 Å². The third-order valence-electron chi connectivity index (χ3n) is 3.58. The Morgan fingerprint density at radius 3 is 2.84 bits per heavy atom. The molecule has 2 heterocycles. The Morgan fingerprint density at radius 1 is 1.63 bits per heavy atom. The zero-order valence-corrected chi connectivity index (χ0v) is 12.2. The van der Waals surface area contributed by atoms with Crippen LogP contribution in [0.5, 0.6) is 0 Å². The molecule has 1 aromatic heterocycles. The van der Waals surface area contributed by atoms with Crippen molar-refractivity contribution in [2.24, 2.45) is 5.92 Å². The molecular weight excluding hydrogens is 262 g/mol. The van der Waals surface area contributed by atoms with Crippen LogP contribution in [0.4, 0.5) is 4.79 Å². The number of nitrogens with one attached hydrogen (secondary N) is 1. The third kappa shape index (κ3) is 3.67. The monoisotopic (exact) mass is 283 g/mol. The second-order valence-corrected chi connectivity index (χ2v) is 6.14. The Hall–Kier alpha value is -1.14. The number of rotatable bonds is 3. The zero-order chi connectivity index (χ0) is 13.8. The van der Waals surface area contributed by atoms with Crippen LogP contribution in [0.25, 0.3) is 0 Å². The molecule has 2 rings (SSSR count). The van der Waals surface area contributed by atoms with Gasteiger partial charge in [0.15, 0.2) is 0 Å². The SMILES string of the molecule is Cc1nc([C@H](C)NC(=O)N2CCC(CO)CC2)cs1. The van der Waals surface area contributed by atoms with E-state index < -0.39 is 0 Å². The maximum Gasteiger partial charge on any atom is 0.317 e. The number of aromatic nitrogens is 1. The Labute approximate surface area is 117 Å². The minimum absolute atomic E-state index is 0.0328. The van der Waals surface area contributed by atoms with Crippen LogP contribution >= 0.6 is 11.3 Å². The highest BCUT2D eigenvalue weighted by atomic mass is 32.1. The number of aliphatic hydroxyl groups excluding tert-OH is 1. The summed E-state index contributed by atoms with van der Waals surface area (Å²) in [6, 6.07) is -0.0949. The number of hydrogen-bond donors (Lipinski definition) is 2. The van der Waals surface area contributed by atoms with Crippen LogP contribution in [0.1, 0.15) is 36.5 Å². The number of hydrogen-bond acceptors (Lipinski definition) is 4. The van der Waals surface area contributed by atoms with Crippen molar-refractivity contribution in [1.82, 2.24) is 15.2 Å². The fourth-order valence-corrected chi connectivity index (χ4v) is 2.95. The van der Waals surface area contributed by atoms with Gasteiger partial charge in [-0.2, -0.15) is 0 Å². The molecule has 1 saturated heterocycles. The number of carbonyl (C=O) groups is 1. The fourth-order valence-electron chi connectivity index (χ4n) is 2.25. The third-order valence-corrected chi connectivity index (χ3v) is 4.37. The van der Waals surface area contributed by atoms with Gasteiger partial charge < -0.3 is 15.3 Å². The molecule has 0 aromatic carbocycles. The Kier molecular flexibility index (Phi) is 4.76. The second kappa shape index (κ2) is 6.34. The molecule has 1 fully saturated rings. The standard InChI is InChI=1S/C13H21N3O2S/c1-9(12-8-19-10(2)15-12)14-13(18)16-5-3-11(7-17)4-6-16/h8-9,11,17H,3-7H2,1-2H3,(H,14,18)/t9-/m0/s1. The number of amides is 2. The van der Waals surface area contributed by atoms with Crippen molar-refractivity contribution in [1.29, 1.82) is 0 Å². The summed E-state index contributed by atoms with van der Waals surface area (Å²) in [7, 11) is 0. The van der Waals surface area contributed by atoms with Gasteiger partial charge in [-0.1, -0.05) is 0 Å². The highest BCUT2D eigenvalue weighted by molar-refractivity contribution is 7.09. The van der Waals surface area contributed by atoms with E-state index in [4.69, 9.17) is 5.11 Å². The van der Waals surface area contributed by atoms with Crippen molar-refractivity contribution in [2.45, 2.75) is 32.7 Å². The van der Waals surface area contributed by atoms with Gasteiger partial charge in [-0.25, -0.2) is 9.78 Å². The molecule has 106 valence electrons. The number of piperidine rings is 1. The molecule has 0 saturated carbocycles. The quantitative estimate of drug-likeness (QED) is 0.891. The van der Waals surface area contributed by atoms with E-state index in [0.29, 0.717) is 5.92 Å². The van der Waals surface area contributed by atoms with Crippen molar-refractivity contribution in [2.75, 3.05) is 19.7 Å². The van der Waals surface area contributed by atoms with Crippen LogP contribution in [0.2, 0.25) is 0 Å². The number of nitrogens with zero attached hydrogens (tertiary/aromatic N) is 2. The topological polar surface area (TPSA) is 65.5 Å². The molecule has 6 heteroatoms. The number of aryl methyl sites for hydroxylation is 1. The number of thiazole rings is 1. The van der Waals surface area contributed by atoms with Crippen LogP contribution in [0.15, 0.2) is 5.38 Å². The summed E-state index contributed by atoms with van der Waals surface area (Å²) in [4.78, 5) is 18.3. The lowest BCUT2D eigenvalue weighted by Gasteiger charge is -2.31. The molecule has 0 radical (unpaired) electrons. The van der Waals surface area contributed by atoms with Crippen molar-refractivity contribution in [3.8, 4) is 0 Å². The van der Waals surface area contributed by atoms with Gasteiger partial charge in [0.05, 0.1) is 16.7 Å². The van der Waals surface area contributed by atoms with E-state index in [9.17, 15) is 4.79 Å². The molecule has 0 unspecified atom stereocenters. The number of aliphatic hydroxyl groups is 1. The van der Waals surface area contributed by atoms with Crippen LogP contribution in [-0.2, 0) is 0 Å². The van der Waals surface area contributed by atoms with E-state index in [2.05, 4.69) is 10.3 Å². The van der Waals surface area contributed by atoms with Gasteiger partial charge in [0.25, 0.3) is 0 Å². The predicted molar refractivity (Wildman–Crippen MR) is 75.2 cm³/mol. The van der Waals surface area contributed by atoms with Crippen LogP contribution in [0, 0.1) is 12.8 Å². The van der Waals surface area contributed by atoms with Gasteiger partial charge in [0.2, 0.25) is 0 Å². The van der Waals surface area contributed by atoms with E-state index in [0.717, 1.165) is 36.6 Å². The summed E-state index contributed by atoms with van der Waals surface area (Å²) >= 11 is 1.59. The molecule has 19 heavy (non-hydrogen) atoms. The summed E-state index contributed by atoms with van der Waals surface area (Å²) < 4.78 is 0. The molecule has 0 aliphatic carbocycles. The zero-order valence-electron chi connectivity index (χ0n) is 11.4. The van der Waals surface area contributed by atoms with Gasteiger partial charge in [-0.3, -0.25) is 0 Å². The highest BCUT2D eigenvalue weighted by Crippen LogP contribution is 2.19. The molecule has 1 aromatic rings. The minimum Gasteiger partial charge on any atom is -0.396 e. The van der Waals surface area contributed by atoms with Crippen LogP contribution < -0.4 is 5.32 Å². The normalized spacial score (nSPS) is 18.4. The lowest BCUT2D eigenvalue weighted by Crippen LogP contribution is -2.45. The van der Waals surface area contributed by atoms with Crippen molar-refractivity contribution >= 4 is 17.4 Å². The largest absolute Gasteiger partial charge is 0.396 e. The van der Waals surface area contributed by atoms with Crippen LogP contribution in [-0.4, -0.2) is 40.7 Å². The molecule has 5 nitrogen and oxygen atoms in total. The summed E-state index contributed by atoms with van der Waals surface area (Å²) in [5.41, 5.74) is 0.918. The van der Waals surface area contributed by atoms with E-state index >= 15 is 0 Å². The molecular formula is C13H21N3O2S.